The number of nitrogens with zero attached hydrogens (tertiary/aromatic N) is 1. The molecule has 1 aliphatic heterocycles. The number of sulfonamides is 1. The molecule has 2 heterocycles. The fourth-order valence-corrected chi connectivity index (χ4v) is 5.59. The molecule has 0 aliphatic carbocycles. The van der Waals surface area contributed by atoms with Crippen molar-refractivity contribution in [2.45, 2.75) is 49.3 Å². The molecular weight excluding hydrogens is 344 g/mol. The number of carbonyl (C=O) groups excluding carboxylic acids is 1. The van der Waals surface area contributed by atoms with E-state index in [1.54, 1.807) is 17.5 Å². The number of terminal acetylenes is 1. The van der Waals surface area contributed by atoms with Crippen molar-refractivity contribution in [3.05, 3.63) is 17.5 Å². The van der Waals surface area contributed by atoms with Gasteiger partial charge in [-0.3, -0.25) is 4.79 Å². The average Bonchev–Trinajstić information content (AvgIpc) is 3.15. The molecule has 1 aliphatic rings. The first-order valence-corrected chi connectivity index (χ1v) is 10.5. The average molecular weight is 369 g/mol. The third kappa shape index (κ3) is 3.82. The van der Waals surface area contributed by atoms with Gasteiger partial charge in [0.25, 0.3) is 10.0 Å². The molecule has 0 saturated carbocycles. The first-order chi connectivity index (χ1) is 11.4. The van der Waals surface area contributed by atoms with E-state index >= 15 is 0 Å². The van der Waals surface area contributed by atoms with Gasteiger partial charge in [-0.2, -0.15) is 4.31 Å². The summed E-state index contributed by atoms with van der Waals surface area (Å²) in [6.45, 7) is 4.54. The fraction of sp³-hybridized carbons (Fsp3) is 0.588. The summed E-state index contributed by atoms with van der Waals surface area (Å²) in [4.78, 5) is 12.6. The predicted molar refractivity (Wildman–Crippen MR) is 96.1 cm³/mol. The second-order valence-electron chi connectivity index (χ2n) is 6.06. The van der Waals surface area contributed by atoms with Crippen LogP contribution in [0.3, 0.4) is 0 Å². The Labute approximate surface area is 148 Å². The third-order valence-corrected chi connectivity index (χ3v) is 7.93. The zero-order valence-corrected chi connectivity index (χ0v) is 15.8. The van der Waals surface area contributed by atoms with Crippen molar-refractivity contribution < 1.29 is 13.2 Å². The summed E-state index contributed by atoms with van der Waals surface area (Å²) >= 11 is 1.20. The summed E-state index contributed by atoms with van der Waals surface area (Å²) in [6.07, 6.45) is 8.24. The second kappa shape index (κ2) is 7.68. The van der Waals surface area contributed by atoms with Crippen molar-refractivity contribution in [2.24, 2.45) is 5.92 Å². The zero-order chi connectivity index (χ0) is 17.8. The summed E-state index contributed by atoms with van der Waals surface area (Å²) in [7, 11) is -3.51. The minimum atomic E-state index is -3.51. The van der Waals surface area contributed by atoms with Crippen LogP contribution in [0.15, 0.2) is 21.7 Å². The number of nitrogens with one attached hydrogen (secondary N) is 1. The van der Waals surface area contributed by atoms with Crippen LogP contribution in [0.5, 0.6) is 0 Å². The smallest absolute Gasteiger partial charge is 0.252 e. The van der Waals surface area contributed by atoms with Gasteiger partial charge in [-0.25, -0.2) is 8.42 Å². The van der Waals surface area contributed by atoms with E-state index in [2.05, 4.69) is 11.2 Å². The summed E-state index contributed by atoms with van der Waals surface area (Å²) in [5.74, 6) is 2.17. The van der Waals surface area contributed by atoms with E-state index < -0.39 is 15.6 Å². The van der Waals surface area contributed by atoms with Crippen molar-refractivity contribution in [1.29, 1.82) is 0 Å². The molecule has 1 aromatic rings. The summed E-state index contributed by atoms with van der Waals surface area (Å²) < 4.78 is 27.0. The molecule has 0 aromatic carbocycles. The first-order valence-electron chi connectivity index (χ1n) is 8.22. The van der Waals surface area contributed by atoms with Gasteiger partial charge in [0, 0.05) is 13.1 Å². The largest absolute Gasteiger partial charge is 0.340 e. The lowest BCUT2D eigenvalue weighted by atomic mass is 9.91. The highest BCUT2D eigenvalue weighted by atomic mass is 32.2. The minimum Gasteiger partial charge on any atom is -0.340 e. The molecule has 0 spiro atoms. The maximum atomic E-state index is 12.6. The number of amides is 1. The topological polar surface area (TPSA) is 66.5 Å². The van der Waals surface area contributed by atoms with Crippen LogP contribution in [0.2, 0.25) is 0 Å². The van der Waals surface area contributed by atoms with Gasteiger partial charge >= 0.3 is 0 Å². The summed E-state index contributed by atoms with van der Waals surface area (Å²) in [5.41, 5.74) is -0.647. The van der Waals surface area contributed by atoms with Crippen molar-refractivity contribution in [2.75, 3.05) is 13.1 Å². The lowest BCUT2D eigenvalue weighted by Crippen LogP contribution is -2.52. The molecule has 0 radical (unpaired) electrons. The van der Waals surface area contributed by atoms with E-state index in [1.807, 2.05) is 13.8 Å². The monoisotopic (exact) mass is 368 g/mol. The highest BCUT2D eigenvalue weighted by molar-refractivity contribution is 7.91. The SMILES string of the molecule is C#CC(CC)(CC)NC(=O)C1CCCN(S(=O)(=O)c2cccs2)C1. The Morgan fingerprint density at radius 3 is 2.75 bits per heavy atom. The summed E-state index contributed by atoms with van der Waals surface area (Å²) in [5, 5.41) is 4.70. The molecule has 1 aromatic heterocycles. The van der Waals surface area contributed by atoms with Crippen LogP contribution in [0.25, 0.3) is 0 Å². The van der Waals surface area contributed by atoms with E-state index in [1.165, 1.54) is 15.6 Å². The van der Waals surface area contributed by atoms with Crippen LogP contribution in [-0.4, -0.2) is 37.3 Å². The molecule has 24 heavy (non-hydrogen) atoms. The van der Waals surface area contributed by atoms with Crippen molar-refractivity contribution in [1.82, 2.24) is 9.62 Å². The van der Waals surface area contributed by atoms with Crippen LogP contribution in [0.4, 0.5) is 0 Å². The Hall–Kier alpha value is -1.36. The maximum Gasteiger partial charge on any atom is 0.252 e. The van der Waals surface area contributed by atoms with Crippen molar-refractivity contribution in [3.8, 4) is 12.3 Å². The number of rotatable bonds is 6. The standard InChI is InChI=1S/C17H24N2O3S2/c1-4-17(5-2,6-3)18-16(20)14-9-7-11-19(13-14)24(21,22)15-10-8-12-23-15/h1,8,10,12,14H,5-7,9,11,13H2,2-3H3,(H,18,20). The molecule has 1 fully saturated rings. The second-order valence-corrected chi connectivity index (χ2v) is 9.17. The Kier molecular flexibility index (Phi) is 6.07. The van der Waals surface area contributed by atoms with E-state index in [4.69, 9.17) is 6.42 Å². The molecule has 1 amide bonds. The molecule has 0 bridgehead atoms. The van der Waals surface area contributed by atoms with Crippen molar-refractivity contribution in [3.63, 3.8) is 0 Å². The van der Waals surface area contributed by atoms with Gasteiger partial charge in [0.05, 0.1) is 5.92 Å². The summed E-state index contributed by atoms with van der Waals surface area (Å²) in [6, 6.07) is 3.32. The Morgan fingerprint density at radius 1 is 1.50 bits per heavy atom. The molecule has 1 saturated heterocycles. The van der Waals surface area contributed by atoms with Gasteiger partial charge < -0.3 is 5.32 Å². The number of hydrogen-bond acceptors (Lipinski definition) is 4. The molecule has 2 rings (SSSR count). The number of thiophene rings is 1. The molecule has 5 nitrogen and oxygen atoms in total. The maximum absolute atomic E-state index is 12.6. The molecule has 132 valence electrons. The molecule has 1 unspecified atom stereocenters. The normalized spacial score (nSPS) is 19.6. The van der Waals surface area contributed by atoms with E-state index in [-0.39, 0.29) is 18.4 Å². The van der Waals surface area contributed by atoms with Gasteiger partial charge in [-0.1, -0.05) is 25.8 Å². The number of piperidine rings is 1. The van der Waals surface area contributed by atoms with Crippen LogP contribution < -0.4 is 5.32 Å². The highest BCUT2D eigenvalue weighted by Crippen LogP contribution is 2.27. The molecular formula is C17H24N2O3S2. The number of carbonyl (C=O) groups is 1. The van der Waals surface area contributed by atoms with Gasteiger partial charge in [0.2, 0.25) is 5.91 Å². The van der Waals surface area contributed by atoms with E-state index in [9.17, 15) is 13.2 Å². The van der Waals surface area contributed by atoms with Gasteiger partial charge in [0.15, 0.2) is 0 Å². The third-order valence-electron chi connectivity index (χ3n) is 4.69. The van der Waals surface area contributed by atoms with Gasteiger partial charge in [-0.05, 0) is 37.1 Å². The molecule has 7 heteroatoms. The lowest BCUT2D eigenvalue weighted by Gasteiger charge is -2.34. The highest BCUT2D eigenvalue weighted by Gasteiger charge is 2.36. The van der Waals surface area contributed by atoms with Crippen molar-refractivity contribution >= 4 is 27.3 Å². The quantitative estimate of drug-likeness (QED) is 0.785. The minimum absolute atomic E-state index is 0.150. The predicted octanol–water partition coefficient (Wildman–Crippen LogP) is 2.46. The lowest BCUT2D eigenvalue weighted by molar-refractivity contribution is -0.127. The molecule has 1 N–H and O–H groups in total. The first kappa shape index (κ1) is 19.0. The Morgan fingerprint density at radius 2 is 2.21 bits per heavy atom. The van der Waals surface area contributed by atoms with Crippen LogP contribution in [-0.2, 0) is 14.8 Å². The Bertz CT molecular complexity index is 701. The van der Waals surface area contributed by atoms with Crippen LogP contribution in [0, 0.1) is 18.3 Å². The zero-order valence-electron chi connectivity index (χ0n) is 14.1. The van der Waals surface area contributed by atoms with Crippen LogP contribution >= 0.6 is 11.3 Å². The fourth-order valence-electron chi connectivity index (χ4n) is 2.92. The van der Waals surface area contributed by atoms with E-state index in [0.717, 1.165) is 0 Å². The van der Waals surface area contributed by atoms with Gasteiger partial charge in [0.1, 0.15) is 9.75 Å². The van der Waals surface area contributed by atoms with E-state index in [0.29, 0.717) is 36.4 Å². The number of hydrogen-bond donors (Lipinski definition) is 1. The van der Waals surface area contributed by atoms with Crippen LogP contribution in [0.1, 0.15) is 39.5 Å². The Balaban J connectivity index is 2.11. The molecule has 1 atom stereocenters. The van der Waals surface area contributed by atoms with Gasteiger partial charge in [-0.15, -0.1) is 17.8 Å².